The highest BCUT2D eigenvalue weighted by molar-refractivity contribution is 6.03. The molecule has 7 nitrogen and oxygen atoms in total. The summed E-state index contributed by atoms with van der Waals surface area (Å²) in [6.07, 6.45) is 0. The van der Waals surface area contributed by atoms with Gasteiger partial charge in [-0.25, -0.2) is 9.78 Å². The van der Waals surface area contributed by atoms with Crippen molar-refractivity contribution in [3.05, 3.63) is 89.5 Å². The number of aromatic nitrogens is 2. The van der Waals surface area contributed by atoms with Gasteiger partial charge < -0.3 is 19.5 Å². The van der Waals surface area contributed by atoms with E-state index >= 15 is 0 Å². The largest absolute Gasteiger partial charge is 0.497 e. The van der Waals surface area contributed by atoms with Crippen LogP contribution in [0, 0.1) is 0 Å². The number of ether oxygens (including phenoxy) is 3. The van der Waals surface area contributed by atoms with Crippen molar-refractivity contribution in [3.8, 4) is 11.5 Å². The van der Waals surface area contributed by atoms with Crippen molar-refractivity contribution in [2.75, 3.05) is 26.1 Å². The van der Waals surface area contributed by atoms with Crippen LogP contribution in [0.25, 0.3) is 16.7 Å². The average molecular weight is 456 g/mol. The second-order valence-corrected chi connectivity index (χ2v) is 7.80. The number of rotatable bonds is 6. The molecule has 1 atom stereocenters. The minimum Gasteiger partial charge on any atom is -0.497 e. The van der Waals surface area contributed by atoms with Gasteiger partial charge in [-0.1, -0.05) is 42.5 Å². The Morgan fingerprint density at radius 1 is 1.00 bits per heavy atom. The van der Waals surface area contributed by atoms with Crippen LogP contribution < -0.4 is 14.8 Å². The van der Waals surface area contributed by atoms with Gasteiger partial charge in [-0.15, -0.1) is 0 Å². The van der Waals surface area contributed by atoms with Gasteiger partial charge >= 0.3 is 5.97 Å². The summed E-state index contributed by atoms with van der Waals surface area (Å²) in [5.74, 6) is 1.50. The zero-order valence-corrected chi connectivity index (χ0v) is 19.2. The van der Waals surface area contributed by atoms with E-state index in [-0.39, 0.29) is 6.61 Å². The summed E-state index contributed by atoms with van der Waals surface area (Å²) >= 11 is 0. The Morgan fingerprint density at radius 2 is 1.76 bits per heavy atom. The topological polar surface area (TPSA) is 74.6 Å². The lowest BCUT2D eigenvalue weighted by Crippen LogP contribution is -2.29. The first-order chi connectivity index (χ1) is 16.7. The van der Waals surface area contributed by atoms with Gasteiger partial charge in [0.15, 0.2) is 0 Å². The van der Waals surface area contributed by atoms with Crippen LogP contribution in [0.15, 0.2) is 78.4 Å². The van der Waals surface area contributed by atoms with Gasteiger partial charge in [0, 0.05) is 11.6 Å². The monoisotopic (exact) mass is 455 g/mol. The Morgan fingerprint density at radius 3 is 2.50 bits per heavy atom. The molecule has 34 heavy (non-hydrogen) atoms. The minimum atomic E-state index is -0.543. The molecule has 0 bridgehead atoms. The highest BCUT2D eigenvalue weighted by Gasteiger charge is 2.38. The number of benzene rings is 3. The Bertz CT molecular complexity index is 1390. The molecule has 0 saturated carbocycles. The molecule has 7 heteroatoms. The number of fused-ring (bicyclic) bond motifs is 3. The predicted octanol–water partition coefficient (Wildman–Crippen LogP) is 5.04. The van der Waals surface area contributed by atoms with Gasteiger partial charge in [-0.05, 0) is 36.8 Å². The Hall–Kier alpha value is -4.26. The van der Waals surface area contributed by atoms with Crippen LogP contribution in [0.5, 0.6) is 11.5 Å². The molecule has 2 heterocycles. The molecule has 0 radical (unpaired) electrons. The SMILES string of the molecule is CCOC(=O)C1=C(c2ccccc2)Nc2nc3ccccc3n2[C@@H]1c1ccc(OC)cc1OC. The van der Waals surface area contributed by atoms with E-state index in [0.717, 1.165) is 22.2 Å². The second kappa shape index (κ2) is 8.94. The van der Waals surface area contributed by atoms with Crippen molar-refractivity contribution >= 4 is 28.6 Å². The van der Waals surface area contributed by atoms with Gasteiger partial charge in [0.05, 0.1) is 43.1 Å². The van der Waals surface area contributed by atoms with Gasteiger partial charge in [-0.2, -0.15) is 0 Å². The number of methoxy groups -OCH3 is 2. The summed E-state index contributed by atoms with van der Waals surface area (Å²) in [6, 6.07) is 22.7. The minimum absolute atomic E-state index is 0.258. The lowest BCUT2D eigenvalue weighted by molar-refractivity contribution is -0.138. The number of carbonyl (C=O) groups is 1. The highest BCUT2D eigenvalue weighted by atomic mass is 16.5. The number of nitrogens with zero attached hydrogens (tertiary/aromatic N) is 2. The molecule has 1 aliphatic heterocycles. The number of para-hydroxylation sites is 2. The first kappa shape index (κ1) is 21.6. The molecule has 4 aromatic rings. The molecule has 172 valence electrons. The van der Waals surface area contributed by atoms with E-state index in [0.29, 0.717) is 28.7 Å². The maximum atomic E-state index is 13.5. The fourth-order valence-electron chi connectivity index (χ4n) is 4.43. The Kier molecular flexibility index (Phi) is 5.67. The number of esters is 1. The normalized spacial score (nSPS) is 15.0. The van der Waals surface area contributed by atoms with Crippen molar-refractivity contribution in [2.45, 2.75) is 13.0 Å². The summed E-state index contributed by atoms with van der Waals surface area (Å²) in [4.78, 5) is 18.4. The van der Waals surface area contributed by atoms with Crippen LogP contribution in [-0.4, -0.2) is 36.3 Å². The van der Waals surface area contributed by atoms with Gasteiger partial charge in [0.1, 0.15) is 17.5 Å². The van der Waals surface area contributed by atoms with Crippen molar-refractivity contribution < 1.29 is 19.0 Å². The summed E-state index contributed by atoms with van der Waals surface area (Å²) in [6.45, 7) is 2.06. The summed E-state index contributed by atoms with van der Waals surface area (Å²) < 4.78 is 18.8. The maximum absolute atomic E-state index is 13.5. The molecule has 0 unspecified atom stereocenters. The van der Waals surface area contributed by atoms with Crippen LogP contribution in [0.1, 0.15) is 24.1 Å². The predicted molar refractivity (Wildman–Crippen MR) is 131 cm³/mol. The van der Waals surface area contributed by atoms with Crippen LogP contribution in [-0.2, 0) is 9.53 Å². The van der Waals surface area contributed by atoms with Crippen molar-refractivity contribution in [1.82, 2.24) is 9.55 Å². The number of hydrogen-bond acceptors (Lipinski definition) is 6. The van der Waals surface area contributed by atoms with E-state index < -0.39 is 12.0 Å². The Labute approximate surface area is 197 Å². The van der Waals surface area contributed by atoms with Crippen molar-refractivity contribution in [3.63, 3.8) is 0 Å². The average Bonchev–Trinajstić information content (AvgIpc) is 3.26. The molecule has 0 aliphatic carbocycles. The van der Waals surface area contributed by atoms with Gasteiger partial charge in [-0.3, -0.25) is 4.57 Å². The Balaban J connectivity index is 1.85. The third kappa shape index (κ3) is 3.55. The van der Waals surface area contributed by atoms with Crippen molar-refractivity contribution in [1.29, 1.82) is 0 Å². The molecule has 1 aromatic heterocycles. The van der Waals surface area contributed by atoms with E-state index in [1.54, 1.807) is 21.1 Å². The van der Waals surface area contributed by atoms with E-state index in [2.05, 4.69) is 5.32 Å². The molecular formula is C27H25N3O4. The first-order valence-corrected chi connectivity index (χ1v) is 11.1. The lowest BCUT2D eigenvalue weighted by Gasteiger charge is -2.32. The first-order valence-electron chi connectivity index (χ1n) is 11.1. The maximum Gasteiger partial charge on any atom is 0.338 e. The van der Waals surface area contributed by atoms with E-state index in [4.69, 9.17) is 19.2 Å². The zero-order chi connectivity index (χ0) is 23.7. The fraction of sp³-hybridized carbons (Fsp3) is 0.185. The van der Waals surface area contributed by atoms with E-state index in [1.165, 1.54) is 0 Å². The van der Waals surface area contributed by atoms with Crippen LogP contribution in [0.2, 0.25) is 0 Å². The molecule has 1 aliphatic rings. The van der Waals surface area contributed by atoms with Crippen LogP contribution in [0.3, 0.4) is 0 Å². The third-order valence-electron chi connectivity index (χ3n) is 5.93. The number of anilines is 1. The summed E-state index contributed by atoms with van der Waals surface area (Å²) in [5.41, 5.74) is 4.51. The summed E-state index contributed by atoms with van der Waals surface area (Å²) in [7, 11) is 3.22. The molecule has 5 rings (SSSR count). The van der Waals surface area contributed by atoms with Gasteiger partial charge in [0.2, 0.25) is 5.95 Å². The number of hydrogen-bond donors (Lipinski definition) is 1. The highest BCUT2D eigenvalue weighted by Crippen LogP contribution is 2.45. The summed E-state index contributed by atoms with van der Waals surface area (Å²) in [5, 5.41) is 3.42. The van der Waals surface area contributed by atoms with E-state index in [1.807, 2.05) is 77.4 Å². The molecule has 0 spiro atoms. The van der Waals surface area contributed by atoms with Crippen LogP contribution in [0.4, 0.5) is 5.95 Å². The molecule has 3 aromatic carbocycles. The molecule has 0 fully saturated rings. The van der Waals surface area contributed by atoms with Crippen molar-refractivity contribution in [2.24, 2.45) is 0 Å². The number of nitrogens with one attached hydrogen (secondary N) is 1. The molecule has 1 N–H and O–H groups in total. The standard InChI is InChI=1S/C27H25N3O4/c1-4-34-26(31)23-24(17-10-6-5-7-11-17)29-27-28-20-12-8-9-13-21(20)30(27)25(23)19-15-14-18(32-2)16-22(19)33-3/h5-16,25H,4H2,1-3H3,(H,28,29)/t25-/m1/s1. The smallest absolute Gasteiger partial charge is 0.338 e. The van der Waals surface area contributed by atoms with E-state index in [9.17, 15) is 4.79 Å². The fourth-order valence-corrected chi connectivity index (χ4v) is 4.43. The van der Waals surface area contributed by atoms with Gasteiger partial charge in [0.25, 0.3) is 0 Å². The lowest BCUT2D eigenvalue weighted by atomic mass is 9.91. The van der Waals surface area contributed by atoms with Crippen LogP contribution >= 0.6 is 0 Å². The molecule has 0 amide bonds. The zero-order valence-electron chi connectivity index (χ0n) is 19.2. The number of carbonyl (C=O) groups excluding carboxylic acids is 1. The third-order valence-corrected chi connectivity index (χ3v) is 5.93. The molecule has 0 saturated heterocycles. The second-order valence-electron chi connectivity index (χ2n) is 7.80. The quantitative estimate of drug-likeness (QED) is 0.411. The molecular weight excluding hydrogens is 430 g/mol. The number of imidazole rings is 1.